The van der Waals surface area contributed by atoms with Crippen molar-refractivity contribution >= 4 is 17.6 Å². The average molecular weight is 171 g/mol. The van der Waals surface area contributed by atoms with Crippen molar-refractivity contribution in [3.8, 4) is 0 Å². The molecule has 0 bridgehead atoms. The molecule has 11 heavy (non-hydrogen) atoms. The SMILES string of the molecule is CSNc1cc(F)ccc1C. The zero-order valence-corrected chi connectivity index (χ0v) is 7.33. The van der Waals surface area contributed by atoms with Gasteiger partial charge in [-0.05, 0) is 24.6 Å². The highest BCUT2D eigenvalue weighted by Gasteiger charge is 1.97. The highest BCUT2D eigenvalue weighted by Crippen LogP contribution is 2.17. The van der Waals surface area contributed by atoms with Crippen LogP contribution in [0.5, 0.6) is 0 Å². The summed E-state index contributed by atoms with van der Waals surface area (Å²) in [5.74, 6) is -0.202. The fourth-order valence-electron chi connectivity index (χ4n) is 0.814. The average Bonchev–Trinajstić information content (AvgIpc) is 1.98. The molecule has 0 fully saturated rings. The van der Waals surface area contributed by atoms with Gasteiger partial charge in [0.2, 0.25) is 0 Å². The summed E-state index contributed by atoms with van der Waals surface area (Å²) in [6, 6.07) is 4.71. The van der Waals surface area contributed by atoms with Gasteiger partial charge in [-0.3, -0.25) is 0 Å². The Morgan fingerprint density at radius 3 is 2.82 bits per heavy atom. The predicted octanol–water partition coefficient (Wildman–Crippen LogP) is 2.82. The van der Waals surface area contributed by atoms with Crippen molar-refractivity contribution in [1.82, 2.24) is 0 Å². The second kappa shape index (κ2) is 3.62. The lowest BCUT2D eigenvalue weighted by molar-refractivity contribution is 0.628. The lowest BCUT2D eigenvalue weighted by atomic mass is 10.2. The minimum Gasteiger partial charge on any atom is -0.330 e. The van der Waals surface area contributed by atoms with Crippen molar-refractivity contribution in [3.63, 3.8) is 0 Å². The number of anilines is 1. The molecule has 1 aromatic carbocycles. The van der Waals surface area contributed by atoms with Crippen LogP contribution in [-0.4, -0.2) is 6.26 Å². The van der Waals surface area contributed by atoms with Crippen LogP contribution in [0, 0.1) is 12.7 Å². The molecule has 0 saturated heterocycles. The first-order chi connectivity index (χ1) is 5.24. The first kappa shape index (κ1) is 8.40. The Bertz CT molecular complexity index is 250. The highest BCUT2D eigenvalue weighted by molar-refractivity contribution is 7.99. The van der Waals surface area contributed by atoms with E-state index in [0.717, 1.165) is 11.3 Å². The van der Waals surface area contributed by atoms with E-state index in [1.54, 1.807) is 6.07 Å². The fourth-order valence-corrected chi connectivity index (χ4v) is 1.25. The van der Waals surface area contributed by atoms with Gasteiger partial charge >= 0.3 is 0 Å². The number of halogens is 1. The monoisotopic (exact) mass is 171 g/mol. The normalized spacial score (nSPS) is 9.73. The van der Waals surface area contributed by atoms with Crippen LogP contribution in [-0.2, 0) is 0 Å². The van der Waals surface area contributed by atoms with E-state index >= 15 is 0 Å². The van der Waals surface area contributed by atoms with E-state index in [4.69, 9.17) is 0 Å². The molecule has 0 amide bonds. The fraction of sp³-hybridized carbons (Fsp3) is 0.250. The van der Waals surface area contributed by atoms with E-state index in [9.17, 15) is 4.39 Å². The zero-order valence-electron chi connectivity index (χ0n) is 6.52. The molecular formula is C8H10FNS. The van der Waals surface area contributed by atoms with Gasteiger partial charge in [0.15, 0.2) is 0 Å². The van der Waals surface area contributed by atoms with Crippen molar-refractivity contribution < 1.29 is 4.39 Å². The van der Waals surface area contributed by atoms with Gasteiger partial charge in [0.25, 0.3) is 0 Å². The maximum atomic E-state index is 12.6. The first-order valence-corrected chi connectivity index (χ1v) is 4.51. The molecule has 60 valence electrons. The Labute approximate surface area is 70.1 Å². The van der Waals surface area contributed by atoms with Crippen molar-refractivity contribution in [3.05, 3.63) is 29.6 Å². The van der Waals surface area contributed by atoms with Crippen LogP contribution in [0.1, 0.15) is 5.56 Å². The van der Waals surface area contributed by atoms with Gasteiger partial charge in [-0.15, -0.1) is 0 Å². The second-order valence-corrected chi connectivity index (χ2v) is 2.88. The maximum absolute atomic E-state index is 12.6. The number of hydrogen-bond donors (Lipinski definition) is 1. The Hall–Kier alpha value is -0.700. The Kier molecular flexibility index (Phi) is 2.76. The van der Waals surface area contributed by atoms with Gasteiger partial charge in [-0.2, -0.15) is 0 Å². The quantitative estimate of drug-likeness (QED) is 0.687. The topological polar surface area (TPSA) is 12.0 Å². The lowest BCUT2D eigenvalue weighted by Gasteiger charge is -2.05. The predicted molar refractivity (Wildman–Crippen MR) is 48.3 cm³/mol. The van der Waals surface area contributed by atoms with Gasteiger partial charge in [0, 0.05) is 11.9 Å². The smallest absolute Gasteiger partial charge is 0.125 e. The number of rotatable bonds is 2. The molecule has 0 radical (unpaired) electrons. The molecule has 1 N–H and O–H groups in total. The van der Waals surface area contributed by atoms with Crippen LogP contribution in [0.4, 0.5) is 10.1 Å². The molecule has 0 aliphatic heterocycles. The van der Waals surface area contributed by atoms with Gasteiger partial charge in [-0.1, -0.05) is 18.0 Å². The molecule has 1 rings (SSSR count). The summed E-state index contributed by atoms with van der Waals surface area (Å²) in [7, 11) is 0. The van der Waals surface area contributed by atoms with Crippen LogP contribution < -0.4 is 4.72 Å². The van der Waals surface area contributed by atoms with E-state index in [-0.39, 0.29) is 5.82 Å². The lowest BCUT2D eigenvalue weighted by Crippen LogP contribution is -1.89. The second-order valence-electron chi connectivity index (χ2n) is 2.27. The third-order valence-electron chi connectivity index (χ3n) is 1.41. The van der Waals surface area contributed by atoms with E-state index in [2.05, 4.69) is 4.72 Å². The van der Waals surface area contributed by atoms with Crippen LogP contribution in [0.2, 0.25) is 0 Å². The molecule has 0 saturated carbocycles. The Morgan fingerprint density at radius 1 is 1.45 bits per heavy atom. The summed E-state index contributed by atoms with van der Waals surface area (Å²) < 4.78 is 15.6. The molecule has 0 aliphatic rings. The first-order valence-electron chi connectivity index (χ1n) is 3.29. The molecule has 0 unspecified atom stereocenters. The zero-order chi connectivity index (χ0) is 8.27. The van der Waals surface area contributed by atoms with E-state index in [1.807, 2.05) is 13.2 Å². The summed E-state index contributed by atoms with van der Waals surface area (Å²) in [4.78, 5) is 0. The third kappa shape index (κ3) is 2.12. The molecule has 0 aliphatic carbocycles. The number of benzene rings is 1. The van der Waals surface area contributed by atoms with Crippen molar-refractivity contribution in [2.75, 3.05) is 11.0 Å². The van der Waals surface area contributed by atoms with E-state index in [1.165, 1.54) is 24.1 Å². The molecular weight excluding hydrogens is 161 g/mol. The molecule has 0 atom stereocenters. The van der Waals surface area contributed by atoms with Crippen molar-refractivity contribution in [1.29, 1.82) is 0 Å². The molecule has 0 spiro atoms. The minimum atomic E-state index is -0.202. The summed E-state index contributed by atoms with van der Waals surface area (Å²) in [6.07, 6.45) is 1.91. The van der Waals surface area contributed by atoms with E-state index < -0.39 is 0 Å². The Morgan fingerprint density at radius 2 is 2.18 bits per heavy atom. The van der Waals surface area contributed by atoms with Crippen LogP contribution in [0.15, 0.2) is 18.2 Å². The number of nitrogens with one attached hydrogen (secondary N) is 1. The molecule has 3 heteroatoms. The standard InChI is InChI=1S/C8H10FNS/c1-6-3-4-7(9)5-8(6)10-11-2/h3-5,10H,1-2H3. The summed E-state index contributed by atoms with van der Waals surface area (Å²) in [5, 5.41) is 0. The molecule has 0 heterocycles. The highest BCUT2D eigenvalue weighted by atomic mass is 32.2. The molecule has 1 aromatic rings. The van der Waals surface area contributed by atoms with E-state index in [0.29, 0.717) is 0 Å². The summed E-state index contributed by atoms with van der Waals surface area (Å²) in [5.41, 5.74) is 1.90. The maximum Gasteiger partial charge on any atom is 0.125 e. The van der Waals surface area contributed by atoms with Gasteiger partial charge in [-0.25, -0.2) is 4.39 Å². The van der Waals surface area contributed by atoms with Crippen LogP contribution >= 0.6 is 11.9 Å². The number of hydrogen-bond acceptors (Lipinski definition) is 2. The Balaban J connectivity index is 2.93. The van der Waals surface area contributed by atoms with Crippen molar-refractivity contribution in [2.24, 2.45) is 0 Å². The molecule has 0 aromatic heterocycles. The third-order valence-corrected chi connectivity index (χ3v) is 1.84. The largest absolute Gasteiger partial charge is 0.330 e. The van der Waals surface area contributed by atoms with Gasteiger partial charge in [0.1, 0.15) is 5.82 Å². The van der Waals surface area contributed by atoms with Crippen LogP contribution in [0.3, 0.4) is 0 Å². The van der Waals surface area contributed by atoms with Gasteiger partial charge < -0.3 is 4.72 Å². The summed E-state index contributed by atoms with van der Waals surface area (Å²) in [6.45, 7) is 1.94. The van der Waals surface area contributed by atoms with Crippen molar-refractivity contribution in [2.45, 2.75) is 6.92 Å². The summed E-state index contributed by atoms with van der Waals surface area (Å²) >= 11 is 1.46. The molecule has 1 nitrogen and oxygen atoms in total. The minimum absolute atomic E-state index is 0.202. The number of aryl methyl sites for hydroxylation is 1. The van der Waals surface area contributed by atoms with Gasteiger partial charge in [0.05, 0.1) is 0 Å². The van der Waals surface area contributed by atoms with Crippen LogP contribution in [0.25, 0.3) is 0 Å².